The zero-order chi connectivity index (χ0) is 19.0. The number of anilines is 2. The van der Waals surface area contributed by atoms with Gasteiger partial charge in [-0.1, -0.05) is 0 Å². The predicted molar refractivity (Wildman–Crippen MR) is 91.9 cm³/mol. The fraction of sp³-hybridized carbons (Fsp3) is 0.353. The number of fused-ring (bicyclic) bond motifs is 1. The molecule has 1 atom stereocenters. The molecule has 7 nitrogen and oxygen atoms in total. The van der Waals surface area contributed by atoms with Gasteiger partial charge in [-0.2, -0.15) is 8.78 Å². The summed E-state index contributed by atoms with van der Waals surface area (Å²) in [6, 6.07) is 3.93. The molecule has 2 heterocycles. The number of methoxy groups -OCH3 is 1. The summed E-state index contributed by atoms with van der Waals surface area (Å²) >= 11 is 0. The Labute approximate surface area is 149 Å². The van der Waals surface area contributed by atoms with Crippen LogP contribution >= 0.6 is 0 Å². The van der Waals surface area contributed by atoms with Crippen molar-refractivity contribution in [3.63, 3.8) is 0 Å². The van der Waals surface area contributed by atoms with Crippen LogP contribution in [0.25, 0.3) is 11.4 Å². The number of carbonyl (C=O) groups is 1. The first-order chi connectivity index (χ1) is 12.3. The van der Waals surface area contributed by atoms with Crippen molar-refractivity contribution in [3.05, 3.63) is 23.9 Å². The average molecular weight is 364 g/mol. The normalized spacial score (nSPS) is 16.3. The summed E-state index contributed by atoms with van der Waals surface area (Å²) in [6.07, 6.45) is 0. The minimum Gasteiger partial charge on any atom is -0.496 e. The number of halogens is 2. The molecule has 9 heteroatoms. The van der Waals surface area contributed by atoms with Crippen LogP contribution in [0.5, 0.6) is 11.5 Å². The standard InChI is InChI=1S/C17H18F2N4O3/c1-8-13-15(23(3)9(2)16(24)21-13)22-14(20-8)11-6-5-10(26-17(18)19)7-12(11)25-4/h5-7,9,17H,1-4H3,(H,21,24)/t9-/m0/s1. The fourth-order valence-corrected chi connectivity index (χ4v) is 2.70. The van der Waals surface area contributed by atoms with Crippen LogP contribution in [0.4, 0.5) is 20.3 Å². The van der Waals surface area contributed by atoms with E-state index >= 15 is 0 Å². The Morgan fingerprint density at radius 3 is 2.69 bits per heavy atom. The van der Waals surface area contributed by atoms with Crippen molar-refractivity contribution < 1.29 is 23.0 Å². The fourth-order valence-electron chi connectivity index (χ4n) is 2.70. The maximum absolute atomic E-state index is 12.4. The summed E-state index contributed by atoms with van der Waals surface area (Å²) in [7, 11) is 3.19. The van der Waals surface area contributed by atoms with E-state index in [0.717, 1.165) is 0 Å². The molecule has 138 valence electrons. The van der Waals surface area contributed by atoms with Gasteiger partial charge in [0.15, 0.2) is 11.6 Å². The number of benzene rings is 1. The number of aromatic nitrogens is 2. The highest BCUT2D eigenvalue weighted by Gasteiger charge is 2.30. The van der Waals surface area contributed by atoms with E-state index in [1.807, 2.05) is 0 Å². The highest BCUT2D eigenvalue weighted by atomic mass is 19.3. The van der Waals surface area contributed by atoms with Gasteiger partial charge in [-0.15, -0.1) is 0 Å². The Morgan fingerprint density at radius 2 is 2.04 bits per heavy atom. The van der Waals surface area contributed by atoms with Gasteiger partial charge in [0.25, 0.3) is 0 Å². The van der Waals surface area contributed by atoms with E-state index in [2.05, 4.69) is 20.0 Å². The topological polar surface area (TPSA) is 76.6 Å². The summed E-state index contributed by atoms with van der Waals surface area (Å²) < 4.78 is 34.5. The third kappa shape index (κ3) is 3.12. The maximum atomic E-state index is 12.4. The van der Waals surface area contributed by atoms with E-state index in [0.29, 0.717) is 34.3 Å². The highest BCUT2D eigenvalue weighted by Crippen LogP contribution is 2.37. The monoisotopic (exact) mass is 364 g/mol. The number of hydrogen-bond donors (Lipinski definition) is 1. The molecular weight excluding hydrogens is 346 g/mol. The van der Waals surface area contributed by atoms with Crippen LogP contribution in [0, 0.1) is 6.92 Å². The molecule has 1 aromatic carbocycles. The Balaban J connectivity index is 2.08. The van der Waals surface area contributed by atoms with Gasteiger partial charge >= 0.3 is 6.61 Å². The van der Waals surface area contributed by atoms with Crippen LogP contribution in [-0.2, 0) is 4.79 Å². The van der Waals surface area contributed by atoms with Gasteiger partial charge in [-0.3, -0.25) is 4.79 Å². The van der Waals surface area contributed by atoms with Crippen LogP contribution in [0.2, 0.25) is 0 Å². The number of likely N-dealkylation sites (N-methyl/N-ethyl adjacent to an activating group) is 1. The second-order valence-electron chi connectivity index (χ2n) is 5.85. The van der Waals surface area contributed by atoms with Crippen molar-refractivity contribution in [1.82, 2.24) is 9.97 Å². The van der Waals surface area contributed by atoms with Crippen LogP contribution in [0.15, 0.2) is 18.2 Å². The minimum atomic E-state index is -2.92. The largest absolute Gasteiger partial charge is 0.496 e. The molecule has 3 rings (SSSR count). The van der Waals surface area contributed by atoms with E-state index in [9.17, 15) is 13.6 Å². The molecule has 0 unspecified atom stereocenters. The number of ether oxygens (including phenoxy) is 2. The Kier molecular flexibility index (Phi) is 4.62. The van der Waals surface area contributed by atoms with Crippen molar-refractivity contribution >= 4 is 17.4 Å². The Morgan fingerprint density at radius 1 is 1.31 bits per heavy atom. The second kappa shape index (κ2) is 6.74. The van der Waals surface area contributed by atoms with Gasteiger partial charge in [0.2, 0.25) is 5.91 Å². The summed E-state index contributed by atoms with van der Waals surface area (Å²) in [6.45, 7) is 0.605. The molecule has 1 aliphatic rings. The lowest BCUT2D eigenvalue weighted by Crippen LogP contribution is -2.44. The lowest BCUT2D eigenvalue weighted by molar-refractivity contribution is -0.117. The molecule has 26 heavy (non-hydrogen) atoms. The van der Waals surface area contributed by atoms with Crippen LogP contribution in [-0.4, -0.2) is 42.7 Å². The maximum Gasteiger partial charge on any atom is 0.387 e. The summed E-state index contributed by atoms with van der Waals surface area (Å²) in [5, 5.41) is 2.81. The molecule has 2 aromatic rings. The highest BCUT2D eigenvalue weighted by molar-refractivity contribution is 6.03. The van der Waals surface area contributed by atoms with Gasteiger partial charge in [0, 0.05) is 13.1 Å². The number of nitrogens with one attached hydrogen (secondary N) is 1. The van der Waals surface area contributed by atoms with Crippen LogP contribution < -0.4 is 19.7 Å². The zero-order valence-electron chi connectivity index (χ0n) is 14.7. The lowest BCUT2D eigenvalue weighted by Gasteiger charge is -2.32. The molecular formula is C17H18F2N4O3. The number of rotatable bonds is 4. The third-order valence-corrected chi connectivity index (χ3v) is 4.25. The van der Waals surface area contributed by atoms with E-state index in [-0.39, 0.29) is 17.7 Å². The molecule has 0 fully saturated rings. The molecule has 0 bridgehead atoms. The molecule has 1 aliphatic heterocycles. The number of nitrogens with zero attached hydrogens (tertiary/aromatic N) is 3. The van der Waals surface area contributed by atoms with Crippen molar-refractivity contribution in [1.29, 1.82) is 0 Å². The summed E-state index contributed by atoms with van der Waals surface area (Å²) in [5.41, 5.74) is 1.67. The number of aryl methyl sites for hydroxylation is 1. The van der Waals surface area contributed by atoms with Crippen molar-refractivity contribution in [3.8, 4) is 22.9 Å². The van der Waals surface area contributed by atoms with Gasteiger partial charge in [0.1, 0.15) is 23.2 Å². The smallest absolute Gasteiger partial charge is 0.387 e. The van der Waals surface area contributed by atoms with E-state index in [1.54, 1.807) is 31.9 Å². The van der Waals surface area contributed by atoms with Gasteiger partial charge in [-0.05, 0) is 26.0 Å². The van der Waals surface area contributed by atoms with Gasteiger partial charge in [0.05, 0.1) is 18.4 Å². The molecule has 0 aliphatic carbocycles. The van der Waals surface area contributed by atoms with Crippen molar-refractivity contribution in [2.24, 2.45) is 0 Å². The van der Waals surface area contributed by atoms with Gasteiger partial charge < -0.3 is 19.7 Å². The summed E-state index contributed by atoms with van der Waals surface area (Å²) in [4.78, 5) is 22.7. The number of alkyl halides is 2. The first kappa shape index (κ1) is 17.8. The molecule has 0 saturated heterocycles. The quantitative estimate of drug-likeness (QED) is 0.899. The number of carbonyl (C=O) groups excluding carboxylic acids is 1. The van der Waals surface area contributed by atoms with Crippen LogP contribution in [0.3, 0.4) is 0 Å². The SMILES string of the molecule is COc1cc(OC(F)F)ccc1-c1nc(C)c2c(n1)N(C)[C@@H](C)C(=O)N2. The minimum absolute atomic E-state index is 0.0201. The molecule has 0 spiro atoms. The van der Waals surface area contributed by atoms with E-state index < -0.39 is 6.61 Å². The lowest BCUT2D eigenvalue weighted by atomic mass is 10.1. The first-order valence-electron chi connectivity index (χ1n) is 7.87. The van der Waals surface area contributed by atoms with Crippen molar-refractivity contribution in [2.45, 2.75) is 26.5 Å². The molecule has 1 amide bonds. The molecule has 1 aromatic heterocycles. The summed E-state index contributed by atoms with van der Waals surface area (Å²) in [5.74, 6) is 1.09. The predicted octanol–water partition coefficient (Wildman–Crippen LogP) is 2.84. The van der Waals surface area contributed by atoms with Crippen LogP contribution in [0.1, 0.15) is 12.6 Å². The van der Waals surface area contributed by atoms with E-state index in [1.165, 1.54) is 19.2 Å². The average Bonchev–Trinajstić information content (AvgIpc) is 2.60. The zero-order valence-corrected chi connectivity index (χ0v) is 14.7. The Hall–Kier alpha value is -2.97. The van der Waals surface area contributed by atoms with Gasteiger partial charge in [-0.25, -0.2) is 9.97 Å². The second-order valence-corrected chi connectivity index (χ2v) is 5.85. The third-order valence-electron chi connectivity index (χ3n) is 4.25. The molecule has 0 radical (unpaired) electrons. The van der Waals surface area contributed by atoms with Crippen molar-refractivity contribution in [2.75, 3.05) is 24.4 Å². The number of hydrogen-bond acceptors (Lipinski definition) is 6. The molecule has 1 N–H and O–H groups in total. The Bertz CT molecular complexity index is 860. The first-order valence-corrected chi connectivity index (χ1v) is 7.87. The molecule has 0 saturated carbocycles. The number of amides is 1. The van der Waals surface area contributed by atoms with E-state index in [4.69, 9.17) is 4.74 Å².